The van der Waals surface area contributed by atoms with E-state index in [2.05, 4.69) is 10.1 Å². The summed E-state index contributed by atoms with van der Waals surface area (Å²) in [5.74, 6) is 2.24. The number of aliphatic hydroxyl groups is 1. The van der Waals surface area contributed by atoms with Crippen LogP contribution in [0.3, 0.4) is 0 Å². The Balaban J connectivity index is 1.49. The fraction of sp³-hybridized carbons (Fsp3) is 0.320. The number of anilines is 1. The molecule has 0 radical (unpaired) electrons. The lowest BCUT2D eigenvalue weighted by Crippen LogP contribution is -2.30. The molecule has 1 aliphatic carbocycles. The van der Waals surface area contributed by atoms with Crippen molar-refractivity contribution >= 4 is 11.3 Å². The summed E-state index contributed by atoms with van der Waals surface area (Å²) in [5.41, 5.74) is 9.14. The van der Waals surface area contributed by atoms with Gasteiger partial charge in [-0.15, -0.1) is 0 Å². The van der Waals surface area contributed by atoms with Gasteiger partial charge in [-0.3, -0.25) is 0 Å². The van der Waals surface area contributed by atoms with E-state index in [1.54, 1.807) is 0 Å². The van der Waals surface area contributed by atoms with Crippen molar-refractivity contribution in [1.29, 1.82) is 0 Å². The summed E-state index contributed by atoms with van der Waals surface area (Å²) in [6.07, 6.45) is 4.66. The Morgan fingerprint density at radius 2 is 1.91 bits per heavy atom. The molecule has 1 aliphatic rings. The molecule has 7 heteroatoms. The van der Waals surface area contributed by atoms with Crippen molar-refractivity contribution < 1.29 is 9.84 Å². The Labute approximate surface area is 186 Å². The maximum atomic E-state index is 10.4. The summed E-state index contributed by atoms with van der Waals surface area (Å²) < 4.78 is 7.84. The second kappa shape index (κ2) is 8.24. The van der Waals surface area contributed by atoms with Gasteiger partial charge in [0.25, 0.3) is 0 Å². The molecule has 0 atom stereocenters. The van der Waals surface area contributed by atoms with Gasteiger partial charge in [-0.1, -0.05) is 42.5 Å². The first kappa shape index (κ1) is 20.5. The van der Waals surface area contributed by atoms with Crippen LogP contribution in [0.4, 0.5) is 5.82 Å². The second-order valence-corrected chi connectivity index (χ2v) is 8.80. The third-order valence-electron chi connectivity index (χ3n) is 6.27. The van der Waals surface area contributed by atoms with E-state index in [9.17, 15) is 5.11 Å². The zero-order valence-corrected chi connectivity index (χ0v) is 18.1. The van der Waals surface area contributed by atoms with Gasteiger partial charge in [0.1, 0.15) is 35.7 Å². The van der Waals surface area contributed by atoms with Gasteiger partial charge in [-0.2, -0.15) is 5.10 Å². The minimum absolute atomic E-state index is 0.211. The minimum atomic E-state index is -0.606. The van der Waals surface area contributed by atoms with Crippen LogP contribution in [0, 0.1) is 0 Å². The van der Waals surface area contributed by atoms with Gasteiger partial charge in [0, 0.05) is 11.5 Å². The predicted molar refractivity (Wildman–Crippen MR) is 123 cm³/mol. The smallest absolute Gasteiger partial charge is 0.153 e. The standard InChI is InChI=1S/C25H27N5O2/c1-25(31)12-10-18(11-13-25)24-29-21(22-23(26)27-16-28-30(22)24)19-8-5-9-20(14-19)32-15-17-6-3-2-4-7-17/h2-9,14,16,18,31H,10-13,15H2,1H3,(H2,26,27,28). The maximum Gasteiger partial charge on any atom is 0.153 e. The Morgan fingerprint density at radius 1 is 1.12 bits per heavy atom. The van der Waals surface area contributed by atoms with Gasteiger partial charge in [0.15, 0.2) is 5.82 Å². The molecule has 0 amide bonds. The van der Waals surface area contributed by atoms with Gasteiger partial charge in [0.05, 0.1) is 5.60 Å². The molecule has 32 heavy (non-hydrogen) atoms. The summed E-state index contributed by atoms with van der Waals surface area (Å²) in [6.45, 7) is 2.39. The molecule has 0 unspecified atom stereocenters. The van der Waals surface area contributed by atoms with Crippen molar-refractivity contribution in [2.75, 3.05) is 5.73 Å². The average Bonchev–Trinajstić information content (AvgIpc) is 3.20. The molecule has 2 heterocycles. The molecule has 0 spiro atoms. The summed E-state index contributed by atoms with van der Waals surface area (Å²) in [7, 11) is 0. The number of nitrogens with two attached hydrogens (primary N) is 1. The normalized spacial score (nSPS) is 21.0. The third kappa shape index (κ3) is 4.03. The molecule has 0 bridgehead atoms. The predicted octanol–water partition coefficient (Wildman–Crippen LogP) is 4.36. The van der Waals surface area contributed by atoms with Crippen molar-refractivity contribution in [2.45, 2.75) is 50.7 Å². The molecule has 164 valence electrons. The van der Waals surface area contributed by atoms with Gasteiger partial charge in [0.2, 0.25) is 0 Å². The fourth-order valence-electron chi connectivity index (χ4n) is 4.41. The topological polar surface area (TPSA) is 98.6 Å². The molecule has 0 aliphatic heterocycles. The Kier molecular flexibility index (Phi) is 5.27. The number of nitrogen functional groups attached to an aromatic ring is 1. The van der Waals surface area contributed by atoms with Crippen LogP contribution < -0.4 is 10.5 Å². The number of fused-ring (bicyclic) bond motifs is 1. The van der Waals surface area contributed by atoms with Gasteiger partial charge in [-0.25, -0.2) is 14.5 Å². The summed E-state index contributed by atoms with van der Waals surface area (Å²) in [4.78, 5) is 9.20. The van der Waals surface area contributed by atoms with Gasteiger partial charge >= 0.3 is 0 Å². The maximum absolute atomic E-state index is 10.4. The summed E-state index contributed by atoms with van der Waals surface area (Å²) in [5, 5.41) is 14.8. The highest BCUT2D eigenvalue weighted by atomic mass is 16.5. The molecule has 5 rings (SSSR count). The van der Waals surface area contributed by atoms with Crippen molar-refractivity contribution in [1.82, 2.24) is 19.6 Å². The van der Waals surface area contributed by atoms with Gasteiger partial charge < -0.3 is 15.6 Å². The monoisotopic (exact) mass is 429 g/mol. The van der Waals surface area contributed by atoms with E-state index in [0.717, 1.165) is 54.1 Å². The lowest BCUT2D eigenvalue weighted by Gasteiger charge is -2.32. The molecule has 1 saturated carbocycles. The van der Waals surface area contributed by atoms with Crippen molar-refractivity contribution in [2.24, 2.45) is 0 Å². The molecule has 1 fully saturated rings. The van der Waals surface area contributed by atoms with E-state index in [4.69, 9.17) is 15.5 Å². The van der Waals surface area contributed by atoms with E-state index in [-0.39, 0.29) is 5.92 Å². The highest BCUT2D eigenvalue weighted by Crippen LogP contribution is 2.39. The second-order valence-electron chi connectivity index (χ2n) is 8.80. The molecule has 0 saturated heterocycles. The number of aromatic nitrogens is 4. The number of hydrogen-bond donors (Lipinski definition) is 2. The van der Waals surface area contributed by atoms with Crippen LogP contribution in [0.2, 0.25) is 0 Å². The fourth-order valence-corrected chi connectivity index (χ4v) is 4.41. The number of benzene rings is 2. The molecular formula is C25H27N5O2. The zero-order valence-electron chi connectivity index (χ0n) is 18.1. The number of hydrogen-bond acceptors (Lipinski definition) is 6. The molecule has 7 nitrogen and oxygen atoms in total. The van der Waals surface area contributed by atoms with E-state index >= 15 is 0 Å². The Bertz CT molecular complexity index is 1230. The number of ether oxygens (including phenoxy) is 1. The lowest BCUT2D eigenvalue weighted by molar-refractivity contribution is 0.0163. The minimum Gasteiger partial charge on any atom is -0.489 e. The van der Waals surface area contributed by atoms with E-state index in [1.807, 2.05) is 66.0 Å². The highest BCUT2D eigenvalue weighted by Gasteiger charge is 2.32. The van der Waals surface area contributed by atoms with Crippen LogP contribution in [0.15, 0.2) is 60.9 Å². The molecule has 3 N–H and O–H groups in total. The molecule has 2 aromatic heterocycles. The van der Waals surface area contributed by atoms with E-state index in [0.29, 0.717) is 17.9 Å². The van der Waals surface area contributed by atoms with Crippen LogP contribution >= 0.6 is 0 Å². The van der Waals surface area contributed by atoms with Crippen LogP contribution in [0.1, 0.15) is 49.9 Å². The van der Waals surface area contributed by atoms with E-state index in [1.165, 1.54) is 6.33 Å². The summed E-state index contributed by atoms with van der Waals surface area (Å²) >= 11 is 0. The first-order valence-corrected chi connectivity index (χ1v) is 11.0. The van der Waals surface area contributed by atoms with Crippen molar-refractivity contribution in [3.63, 3.8) is 0 Å². The summed E-state index contributed by atoms with van der Waals surface area (Å²) in [6, 6.07) is 17.9. The first-order valence-electron chi connectivity index (χ1n) is 11.0. The molecular weight excluding hydrogens is 402 g/mol. The lowest BCUT2D eigenvalue weighted by atomic mass is 9.79. The van der Waals surface area contributed by atoms with Crippen LogP contribution in [-0.4, -0.2) is 30.3 Å². The zero-order chi connectivity index (χ0) is 22.1. The quantitative estimate of drug-likeness (QED) is 0.489. The van der Waals surface area contributed by atoms with Crippen LogP contribution in [-0.2, 0) is 6.61 Å². The molecule has 2 aromatic carbocycles. The Morgan fingerprint density at radius 3 is 2.69 bits per heavy atom. The Hall–Kier alpha value is -3.45. The van der Waals surface area contributed by atoms with Crippen molar-refractivity contribution in [3.8, 4) is 17.0 Å². The number of nitrogens with zero attached hydrogens (tertiary/aromatic N) is 4. The van der Waals surface area contributed by atoms with E-state index < -0.39 is 5.60 Å². The average molecular weight is 430 g/mol. The highest BCUT2D eigenvalue weighted by molar-refractivity contribution is 5.85. The third-order valence-corrected chi connectivity index (χ3v) is 6.27. The number of rotatable bonds is 5. The van der Waals surface area contributed by atoms with Crippen LogP contribution in [0.25, 0.3) is 16.8 Å². The number of imidazole rings is 1. The SMILES string of the molecule is CC1(O)CCC(c2nc(-c3cccc(OCc4ccccc4)c3)c3c(N)ncnn23)CC1. The van der Waals surface area contributed by atoms with Crippen LogP contribution in [0.5, 0.6) is 5.75 Å². The largest absolute Gasteiger partial charge is 0.489 e. The first-order chi connectivity index (χ1) is 15.5. The molecule has 4 aromatic rings. The van der Waals surface area contributed by atoms with Gasteiger partial charge in [-0.05, 0) is 50.3 Å². The van der Waals surface area contributed by atoms with Crippen molar-refractivity contribution in [3.05, 3.63) is 72.3 Å².